The third kappa shape index (κ3) is 4.63. The van der Waals surface area contributed by atoms with Crippen molar-refractivity contribution in [3.8, 4) is 17.0 Å². The lowest BCUT2D eigenvalue weighted by atomic mass is 9.84. The molecule has 0 spiro atoms. The van der Waals surface area contributed by atoms with Gasteiger partial charge in [-0.3, -0.25) is 9.48 Å². The standard InChI is InChI=1S/C25H28F3N3O4/c1-25(9-10-34-13-25)29-23(33)14-5-7-16-20(11-14)31(19-3-2-4-21(19)32)30-22(16)17-12-15(35-24(27)28)6-8-18(17)26/h6,8-10,12,14,19,21,24,32H,2-5,7,11,13H2,1H3,(H,29,33)/t14-,19-,21+,25?/m1/s1. The summed E-state index contributed by atoms with van der Waals surface area (Å²) in [6.45, 7) is -0.782. The zero-order valence-electron chi connectivity index (χ0n) is 19.3. The number of ether oxygens (including phenoxy) is 2. The van der Waals surface area contributed by atoms with Gasteiger partial charge in [0.25, 0.3) is 0 Å². The SMILES string of the molecule is CC1(NC(=O)[C@@H]2CCc3c(-c4cc(OC(F)F)ccc4F)nn([C@@H]4CCC[C@@H]4O)c3C2)C=COC1. The van der Waals surface area contributed by atoms with E-state index in [-0.39, 0.29) is 29.2 Å². The first-order valence-corrected chi connectivity index (χ1v) is 11.9. The van der Waals surface area contributed by atoms with Gasteiger partial charge in [-0.2, -0.15) is 13.9 Å². The second-order valence-electron chi connectivity index (χ2n) is 9.76. The van der Waals surface area contributed by atoms with E-state index in [0.717, 1.165) is 29.8 Å². The average Bonchev–Trinajstić information content (AvgIpc) is 3.52. The molecule has 1 fully saturated rings. The highest BCUT2D eigenvalue weighted by atomic mass is 19.3. The molecule has 5 rings (SSSR count). The van der Waals surface area contributed by atoms with Crippen molar-refractivity contribution in [2.24, 2.45) is 5.92 Å². The van der Waals surface area contributed by atoms with Crippen LogP contribution in [0.15, 0.2) is 30.5 Å². The molecule has 3 aliphatic rings. The van der Waals surface area contributed by atoms with Crippen LogP contribution in [0.4, 0.5) is 13.2 Å². The molecule has 2 aliphatic carbocycles. The van der Waals surface area contributed by atoms with Crippen molar-refractivity contribution in [3.05, 3.63) is 47.6 Å². The Morgan fingerprint density at radius 3 is 2.86 bits per heavy atom. The van der Waals surface area contributed by atoms with E-state index in [0.29, 0.717) is 44.4 Å². The van der Waals surface area contributed by atoms with E-state index in [2.05, 4.69) is 10.1 Å². The van der Waals surface area contributed by atoms with Crippen molar-refractivity contribution in [2.75, 3.05) is 6.61 Å². The number of carbonyl (C=O) groups excluding carboxylic acids is 1. The Hall–Kier alpha value is -3.01. The molecular formula is C25H28F3N3O4. The number of alkyl halides is 2. The molecule has 1 unspecified atom stereocenters. The first kappa shape index (κ1) is 23.7. The summed E-state index contributed by atoms with van der Waals surface area (Å²) in [7, 11) is 0. The van der Waals surface area contributed by atoms with Gasteiger partial charge in [-0.15, -0.1) is 0 Å². The molecule has 1 aromatic heterocycles. The Labute approximate surface area is 200 Å². The number of aliphatic hydroxyl groups excluding tert-OH is 1. The molecule has 10 heteroatoms. The predicted molar refractivity (Wildman–Crippen MR) is 120 cm³/mol. The number of carbonyl (C=O) groups is 1. The predicted octanol–water partition coefficient (Wildman–Crippen LogP) is 3.90. The number of nitrogens with one attached hydrogen (secondary N) is 1. The Morgan fingerprint density at radius 1 is 1.34 bits per heavy atom. The van der Waals surface area contributed by atoms with Crippen LogP contribution in [0.25, 0.3) is 11.3 Å². The lowest BCUT2D eigenvalue weighted by molar-refractivity contribution is -0.126. The van der Waals surface area contributed by atoms with E-state index >= 15 is 0 Å². The zero-order chi connectivity index (χ0) is 24.7. The molecule has 2 N–H and O–H groups in total. The largest absolute Gasteiger partial charge is 0.499 e. The van der Waals surface area contributed by atoms with Crippen LogP contribution in [0, 0.1) is 11.7 Å². The molecule has 0 saturated heterocycles. The highest BCUT2D eigenvalue weighted by molar-refractivity contribution is 5.81. The summed E-state index contributed by atoms with van der Waals surface area (Å²) in [6, 6.07) is 3.18. The number of rotatable bonds is 6. The smallest absolute Gasteiger partial charge is 0.387 e. The molecule has 2 heterocycles. The Bertz CT molecular complexity index is 1150. The van der Waals surface area contributed by atoms with Crippen molar-refractivity contribution in [1.82, 2.24) is 15.1 Å². The number of nitrogens with zero attached hydrogens (tertiary/aromatic N) is 2. The van der Waals surface area contributed by atoms with Crippen molar-refractivity contribution in [1.29, 1.82) is 0 Å². The van der Waals surface area contributed by atoms with Crippen LogP contribution < -0.4 is 10.1 Å². The van der Waals surface area contributed by atoms with Gasteiger partial charge in [-0.05, 0) is 63.3 Å². The normalized spacial score (nSPS) is 27.7. The Morgan fingerprint density at radius 2 is 2.17 bits per heavy atom. The summed E-state index contributed by atoms with van der Waals surface area (Å²) in [5, 5.41) is 18.3. The van der Waals surface area contributed by atoms with Gasteiger partial charge in [0.05, 0.1) is 29.6 Å². The van der Waals surface area contributed by atoms with Crippen molar-refractivity contribution < 1.29 is 32.5 Å². The van der Waals surface area contributed by atoms with E-state index in [9.17, 15) is 23.1 Å². The van der Waals surface area contributed by atoms with Crippen LogP contribution in [0.5, 0.6) is 5.75 Å². The highest BCUT2D eigenvalue weighted by Crippen LogP contribution is 2.40. The number of hydrogen-bond donors (Lipinski definition) is 2. The fraction of sp³-hybridized carbons (Fsp3) is 0.520. The van der Waals surface area contributed by atoms with Crippen molar-refractivity contribution in [2.45, 2.75) is 69.7 Å². The van der Waals surface area contributed by atoms with E-state index in [1.807, 2.05) is 13.0 Å². The van der Waals surface area contributed by atoms with Gasteiger partial charge >= 0.3 is 6.61 Å². The number of hydrogen-bond acceptors (Lipinski definition) is 5. The Kier molecular flexibility index (Phi) is 6.25. The second-order valence-corrected chi connectivity index (χ2v) is 9.76. The van der Waals surface area contributed by atoms with E-state index in [1.54, 1.807) is 10.9 Å². The molecule has 7 nitrogen and oxygen atoms in total. The zero-order valence-corrected chi connectivity index (χ0v) is 19.3. The lowest BCUT2D eigenvalue weighted by Gasteiger charge is -2.29. The number of fused-ring (bicyclic) bond motifs is 1. The minimum atomic E-state index is -3.03. The summed E-state index contributed by atoms with van der Waals surface area (Å²) in [5.41, 5.74) is 1.39. The molecule has 2 aromatic rings. The lowest BCUT2D eigenvalue weighted by Crippen LogP contribution is -2.49. The van der Waals surface area contributed by atoms with Crippen LogP contribution in [-0.4, -0.2) is 45.7 Å². The van der Waals surface area contributed by atoms with Crippen LogP contribution >= 0.6 is 0 Å². The van der Waals surface area contributed by atoms with E-state index in [1.165, 1.54) is 6.07 Å². The van der Waals surface area contributed by atoms with Gasteiger partial charge < -0.3 is 19.9 Å². The fourth-order valence-electron chi connectivity index (χ4n) is 5.35. The summed E-state index contributed by atoms with van der Waals surface area (Å²) in [5.74, 6) is -1.19. The van der Waals surface area contributed by atoms with Crippen molar-refractivity contribution in [3.63, 3.8) is 0 Å². The maximum Gasteiger partial charge on any atom is 0.387 e. The van der Waals surface area contributed by atoms with Crippen LogP contribution in [0.2, 0.25) is 0 Å². The molecule has 1 saturated carbocycles. The van der Waals surface area contributed by atoms with Crippen LogP contribution in [-0.2, 0) is 22.4 Å². The van der Waals surface area contributed by atoms with Gasteiger partial charge in [0.15, 0.2) is 0 Å². The quantitative estimate of drug-likeness (QED) is 0.640. The molecule has 35 heavy (non-hydrogen) atoms. The minimum Gasteiger partial charge on any atom is -0.499 e. The molecule has 1 aliphatic heterocycles. The van der Waals surface area contributed by atoms with Crippen molar-refractivity contribution >= 4 is 5.91 Å². The van der Waals surface area contributed by atoms with Crippen LogP contribution in [0.3, 0.4) is 0 Å². The molecule has 188 valence electrons. The van der Waals surface area contributed by atoms with Gasteiger partial charge in [-0.1, -0.05) is 0 Å². The van der Waals surface area contributed by atoms with Gasteiger partial charge in [0, 0.05) is 29.2 Å². The Balaban J connectivity index is 1.50. The summed E-state index contributed by atoms with van der Waals surface area (Å²) >= 11 is 0. The van der Waals surface area contributed by atoms with E-state index in [4.69, 9.17) is 9.84 Å². The monoisotopic (exact) mass is 491 g/mol. The fourth-order valence-corrected chi connectivity index (χ4v) is 5.35. The molecule has 1 amide bonds. The summed E-state index contributed by atoms with van der Waals surface area (Å²) in [6.07, 6.45) is 6.34. The third-order valence-electron chi connectivity index (χ3n) is 7.17. The van der Waals surface area contributed by atoms with Gasteiger partial charge in [-0.25, -0.2) is 4.39 Å². The van der Waals surface area contributed by atoms with Gasteiger partial charge in [0.2, 0.25) is 5.91 Å². The molecule has 1 aromatic carbocycles. The molecule has 0 bridgehead atoms. The maximum atomic E-state index is 14.9. The average molecular weight is 492 g/mol. The summed E-state index contributed by atoms with van der Waals surface area (Å²) < 4.78 is 51.9. The van der Waals surface area contributed by atoms with Gasteiger partial charge in [0.1, 0.15) is 18.2 Å². The molecule has 4 atom stereocenters. The number of benzene rings is 1. The number of aromatic nitrogens is 2. The minimum absolute atomic E-state index is 0.0642. The number of amides is 1. The molecular weight excluding hydrogens is 463 g/mol. The number of aliphatic hydroxyl groups is 1. The number of halogens is 3. The van der Waals surface area contributed by atoms with E-state index < -0.39 is 24.1 Å². The molecule has 0 radical (unpaired) electrons. The first-order valence-electron chi connectivity index (χ1n) is 11.9. The van der Waals surface area contributed by atoms with Crippen LogP contribution in [0.1, 0.15) is 49.9 Å². The summed E-state index contributed by atoms with van der Waals surface area (Å²) in [4.78, 5) is 13.1. The topological polar surface area (TPSA) is 85.6 Å². The highest BCUT2D eigenvalue weighted by Gasteiger charge is 2.38. The third-order valence-corrected chi connectivity index (χ3v) is 7.17. The second kappa shape index (κ2) is 9.22. The first-order chi connectivity index (χ1) is 16.7. The maximum absolute atomic E-state index is 14.9.